The number of carbonyl (C=O) groups is 1. The maximum atomic E-state index is 12.6. The Morgan fingerprint density at radius 2 is 1.71 bits per heavy atom. The predicted octanol–water partition coefficient (Wildman–Crippen LogP) is -0.0170. The van der Waals surface area contributed by atoms with Gasteiger partial charge in [-0.2, -0.15) is 0 Å². The largest absolute Gasteiger partial charge is 0.508 e. The van der Waals surface area contributed by atoms with Crippen molar-refractivity contribution in [1.29, 1.82) is 0 Å². The second-order valence-corrected chi connectivity index (χ2v) is 7.46. The van der Waals surface area contributed by atoms with E-state index >= 15 is 0 Å². The van der Waals surface area contributed by atoms with Gasteiger partial charge in [0.15, 0.2) is 5.78 Å². The standard InChI is InChI=1S/C21H22O10/c22-8-16-18(26)19(27)20(28)21(31-16)29-11-5-12(24)17-13(25)7-14(30-15(17)6-11)9-1-3-10(23)4-2-9/h1-6,14,16,18-24,26-28H,7-8H2/t14-,16-,18-,19+,20-,21-/m1/s1. The summed E-state index contributed by atoms with van der Waals surface area (Å²) in [6, 6.07) is 8.64. The van der Waals surface area contributed by atoms with Gasteiger partial charge in [-0.15, -0.1) is 0 Å². The fraction of sp³-hybridized carbons (Fsp3) is 0.381. The molecule has 10 nitrogen and oxygen atoms in total. The van der Waals surface area contributed by atoms with E-state index in [1.54, 1.807) is 12.1 Å². The molecule has 4 rings (SSSR count). The van der Waals surface area contributed by atoms with E-state index in [-0.39, 0.29) is 35.0 Å². The molecule has 1 saturated heterocycles. The minimum absolute atomic E-state index is 0.0156. The first-order valence-electron chi connectivity index (χ1n) is 9.61. The van der Waals surface area contributed by atoms with Gasteiger partial charge >= 0.3 is 0 Å². The SMILES string of the molecule is O=C1C[C@H](c2ccc(O)cc2)Oc2cc(O[C@@H]3O[C@H](CO)[C@@H](O)[C@H](O)[C@H]3O)cc(O)c21. The number of ketones is 1. The Kier molecular flexibility index (Phi) is 5.73. The quantitative estimate of drug-likeness (QED) is 0.385. The Balaban J connectivity index is 1.59. The van der Waals surface area contributed by atoms with Crippen molar-refractivity contribution in [2.75, 3.05) is 6.61 Å². The second-order valence-electron chi connectivity index (χ2n) is 7.46. The van der Waals surface area contributed by atoms with Crippen LogP contribution in [0.5, 0.6) is 23.0 Å². The van der Waals surface area contributed by atoms with Gasteiger partial charge in [0.2, 0.25) is 6.29 Å². The summed E-state index contributed by atoms with van der Waals surface area (Å²) in [5.74, 6) is -0.657. The molecule has 2 heterocycles. The number of Topliss-reactive ketones (excluding diaryl/α,β-unsaturated/α-hetero) is 1. The molecule has 0 aromatic heterocycles. The molecule has 2 aromatic carbocycles. The molecule has 6 atom stereocenters. The van der Waals surface area contributed by atoms with Gasteiger partial charge in [0, 0.05) is 12.1 Å². The van der Waals surface area contributed by atoms with Crippen molar-refractivity contribution in [2.24, 2.45) is 0 Å². The summed E-state index contributed by atoms with van der Waals surface area (Å²) in [6.07, 6.45) is -8.09. The van der Waals surface area contributed by atoms with Gasteiger partial charge in [0.1, 0.15) is 59.1 Å². The molecule has 0 amide bonds. The summed E-state index contributed by atoms with van der Waals surface area (Å²) in [4.78, 5) is 12.6. The zero-order valence-corrected chi connectivity index (χ0v) is 16.2. The lowest BCUT2D eigenvalue weighted by molar-refractivity contribution is -0.277. The van der Waals surface area contributed by atoms with Crippen molar-refractivity contribution in [3.8, 4) is 23.0 Å². The topological polar surface area (TPSA) is 166 Å². The number of aromatic hydroxyl groups is 2. The van der Waals surface area contributed by atoms with Crippen LogP contribution >= 0.6 is 0 Å². The highest BCUT2D eigenvalue weighted by atomic mass is 16.7. The van der Waals surface area contributed by atoms with Crippen LogP contribution in [-0.2, 0) is 4.74 Å². The average molecular weight is 434 g/mol. The molecule has 0 aliphatic carbocycles. The third-order valence-electron chi connectivity index (χ3n) is 5.34. The average Bonchev–Trinajstić information content (AvgIpc) is 2.74. The third kappa shape index (κ3) is 4.03. The zero-order chi connectivity index (χ0) is 22.3. The lowest BCUT2D eigenvalue weighted by Crippen LogP contribution is -2.60. The molecule has 166 valence electrons. The fourth-order valence-electron chi connectivity index (χ4n) is 3.66. The Morgan fingerprint density at radius 3 is 2.39 bits per heavy atom. The summed E-state index contributed by atoms with van der Waals surface area (Å²) in [7, 11) is 0. The van der Waals surface area contributed by atoms with Crippen LogP contribution in [0.3, 0.4) is 0 Å². The molecule has 0 bridgehead atoms. The van der Waals surface area contributed by atoms with E-state index in [4.69, 9.17) is 14.2 Å². The number of phenolic OH excluding ortho intramolecular Hbond substituents is 2. The lowest BCUT2D eigenvalue weighted by Gasteiger charge is -2.39. The van der Waals surface area contributed by atoms with E-state index in [0.717, 1.165) is 6.07 Å². The highest BCUT2D eigenvalue weighted by Gasteiger charge is 2.45. The van der Waals surface area contributed by atoms with Crippen LogP contribution in [0.15, 0.2) is 36.4 Å². The van der Waals surface area contributed by atoms with Crippen LogP contribution in [0.25, 0.3) is 0 Å². The smallest absolute Gasteiger partial charge is 0.229 e. The number of hydrogen-bond donors (Lipinski definition) is 6. The number of carbonyl (C=O) groups excluding carboxylic acids is 1. The maximum absolute atomic E-state index is 12.6. The molecular formula is C21H22O10. The van der Waals surface area contributed by atoms with Crippen molar-refractivity contribution in [1.82, 2.24) is 0 Å². The molecule has 6 N–H and O–H groups in total. The first kappa shape index (κ1) is 21.3. The third-order valence-corrected chi connectivity index (χ3v) is 5.34. The van der Waals surface area contributed by atoms with Gasteiger partial charge in [-0.05, 0) is 17.7 Å². The van der Waals surface area contributed by atoms with Gasteiger partial charge in [-0.25, -0.2) is 0 Å². The molecule has 0 saturated carbocycles. The highest BCUT2D eigenvalue weighted by molar-refractivity contribution is 6.02. The summed E-state index contributed by atoms with van der Waals surface area (Å²) < 4.78 is 16.7. The Hall–Kier alpha value is -2.89. The summed E-state index contributed by atoms with van der Waals surface area (Å²) in [5, 5.41) is 59.0. The van der Waals surface area contributed by atoms with Crippen LogP contribution in [0, 0.1) is 0 Å². The van der Waals surface area contributed by atoms with Gasteiger partial charge < -0.3 is 44.8 Å². The number of rotatable bonds is 4. The number of aliphatic hydroxyl groups is 4. The van der Waals surface area contributed by atoms with E-state index < -0.39 is 49.2 Å². The molecule has 31 heavy (non-hydrogen) atoms. The Labute approximate surface area is 176 Å². The molecule has 2 aromatic rings. The highest BCUT2D eigenvalue weighted by Crippen LogP contribution is 2.42. The van der Waals surface area contributed by atoms with Crippen LogP contribution in [-0.4, -0.2) is 73.7 Å². The molecule has 0 spiro atoms. The minimum atomic E-state index is -1.64. The number of fused-ring (bicyclic) bond motifs is 1. The molecule has 10 heteroatoms. The van der Waals surface area contributed by atoms with E-state index in [9.17, 15) is 35.4 Å². The minimum Gasteiger partial charge on any atom is -0.508 e. The number of hydrogen-bond acceptors (Lipinski definition) is 10. The van der Waals surface area contributed by atoms with Gasteiger partial charge in [-0.1, -0.05) is 12.1 Å². The monoisotopic (exact) mass is 434 g/mol. The normalized spacial score (nSPS) is 30.4. The van der Waals surface area contributed by atoms with Crippen molar-refractivity contribution < 1.29 is 49.6 Å². The first-order valence-corrected chi connectivity index (χ1v) is 9.61. The van der Waals surface area contributed by atoms with E-state index in [1.165, 1.54) is 18.2 Å². The predicted molar refractivity (Wildman–Crippen MR) is 103 cm³/mol. The first-order chi connectivity index (χ1) is 14.8. The number of phenols is 2. The van der Waals surface area contributed by atoms with Crippen molar-refractivity contribution in [2.45, 2.75) is 43.2 Å². The van der Waals surface area contributed by atoms with Crippen molar-refractivity contribution in [3.63, 3.8) is 0 Å². The maximum Gasteiger partial charge on any atom is 0.229 e. The summed E-state index contributed by atoms with van der Waals surface area (Å²) in [6.45, 7) is -0.619. The summed E-state index contributed by atoms with van der Waals surface area (Å²) in [5.41, 5.74) is 0.632. The van der Waals surface area contributed by atoms with Gasteiger partial charge in [0.05, 0.1) is 13.0 Å². The Morgan fingerprint density at radius 1 is 1.00 bits per heavy atom. The fourth-order valence-corrected chi connectivity index (χ4v) is 3.66. The molecule has 0 unspecified atom stereocenters. The number of aliphatic hydroxyl groups excluding tert-OH is 4. The molecule has 0 radical (unpaired) electrons. The van der Waals surface area contributed by atoms with Crippen LogP contribution < -0.4 is 9.47 Å². The van der Waals surface area contributed by atoms with Gasteiger partial charge in [-0.3, -0.25) is 4.79 Å². The molecule has 2 aliphatic rings. The van der Waals surface area contributed by atoms with Crippen molar-refractivity contribution in [3.05, 3.63) is 47.5 Å². The van der Waals surface area contributed by atoms with E-state index in [2.05, 4.69) is 0 Å². The van der Waals surface area contributed by atoms with Crippen LogP contribution in [0.4, 0.5) is 0 Å². The zero-order valence-electron chi connectivity index (χ0n) is 16.2. The van der Waals surface area contributed by atoms with Crippen molar-refractivity contribution >= 4 is 5.78 Å². The van der Waals surface area contributed by atoms with E-state index in [0.29, 0.717) is 5.56 Å². The lowest BCUT2D eigenvalue weighted by atomic mass is 9.95. The van der Waals surface area contributed by atoms with Crippen LogP contribution in [0.2, 0.25) is 0 Å². The molecule has 1 fully saturated rings. The van der Waals surface area contributed by atoms with E-state index in [1.807, 2.05) is 0 Å². The molecule has 2 aliphatic heterocycles. The van der Waals surface area contributed by atoms with Gasteiger partial charge in [0.25, 0.3) is 0 Å². The Bertz CT molecular complexity index is 957. The second kappa shape index (κ2) is 8.33. The van der Waals surface area contributed by atoms with Crippen LogP contribution in [0.1, 0.15) is 28.4 Å². The summed E-state index contributed by atoms with van der Waals surface area (Å²) >= 11 is 0. The number of ether oxygens (including phenoxy) is 3. The number of benzene rings is 2. The molecular weight excluding hydrogens is 412 g/mol.